The van der Waals surface area contributed by atoms with Gasteiger partial charge in [0.2, 0.25) is 0 Å². The Morgan fingerprint density at radius 3 is 1.93 bits per heavy atom. The number of unbranched alkanes of at least 4 members (excludes halogenated alkanes) is 1. The van der Waals surface area contributed by atoms with Crippen LogP contribution in [0.5, 0.6) is 5.75 Å². The number of benzene rings is 4. The third kappa shape index (κ3) is 11.2. The van der Waals surface area contributed by atoms with Crippen LogP contribution in [0.25, 0.3) is 0 Å². The Labute approximate surface area is 260 Å². The SMILES string of the molecule is Cl.O=C(O)CCCCN(CCc1ccccc1OCc1ccc(CCc2ccccc2)cc1)Cc1ccccc1C(=O)O. The lowest BCUT2D eigenvalue weighted by Gasteiger charge is -2.24. The molecule has 0 atom stereocenters. The maximum absolute atomic E-state index is 11.8. The number of hydrogen-bond donors (Lipinski definition) is 2. The lowest BCUT2D eigenvalue weighted by Crippen LogP contribution is -2.28. The molecule has 0 aliphatic carbocycles. The molecule has 0 saturated heterocycles. The second kappa shape index (κ2) is 17.7. The number of aromatic carboxylic acids is 1. The molecule has 0 fully saturated rings. The zero-order valence-corrected chi connectivity index (χ0v) is 25.2. The molecule has 4 aromatic rings. The first-order valence-electron chi connectivity index (χ1n) is 14.6. The molecular formula is C36H40ClNO5. The van der Waals surface area contributed by atoms with Crippen molar-refractivity contribution in [2.75, 3.05) is 13.1 Å². The van der Waals surface area contributed by atoms with Gasteiger partial charge in [-0.05, 0) is 78.6 Å². The van der Waals surface area contributed by atoms with Gasteiger partial charge in [0.15, 0.2) is 0 Å². The second-order valence-electron chi connectivity index (χ2n) is 10.5. The summed E-state index contributed by atoms with van der Waals surface area (Å²) in [6.45, 7) is 2.33. The Balaban J connectivity index is 0.00000506. The number of halogens is 1. The zero-order valence-electron chi connectivity index (χ0n) is 24.4. The Morgan fingerprint density at radius 2 is 1.23 bits per heavy atom. The molecule has 0 aliphatic heterocycles. The highest BCUT2D eigenvalue weighted by Crippen LogP contribution is 2.22. The van der Waals surface area contributed by atoms with Crippen molar-refractivity contribution in [2.45, 2.75) is 51.7 Å². The lowest BCUT2D eigenvalue weighted by atomic mass is 10.0. The van der Waals surface area contributed by atoms with Crippen LogP contribution in [0.2, 0.25) is 0 Å². The van der Waals surface area contributed by atoms with E-state index < -0.39 is 11.9 Å². The van der Waals surface area contributed by atoms with Crippen LogP contribution in [0.4, 0.5) is 0 Å². The standard InChI is InChI=1S/C36H39NO5.ClH/c38-35(39)16-8-9-24-37(26-32-13-4-6-14-33(32)36(40)41)25-23-31-12-5-7-15-34(31)42-27-30-21-19-29(20-22-30)18-17-28-10-2-1-3-11-28;/h1-7,10-15,19-22H,8-9,16-18,23-27H2,(H,38,39)(H,40,41);1H. The Bertz CT molecular complexity index is 1430. The largest absolute Gasteiger partial charge is 0.489 e. The van der Waals surface area contributed by atoms with Crippen molar-refractivity contribution in [3.63, 3.8) is 0 Å². The van der Waals surface area contributed by atoms with E-state index in [1.807, 2.05) is 36.4 Å². The number of carbonyl (C=O) groups is 2. The summed E-state index contributed by atoms with van der Waals surface area (Å²) in [5, 5.41) is 18.7. The number of carboxylic acid groups (broad SMARTS) is 2. The third-order valence-electron chi connectivity index (χ3n) is 7.39. The van der Waals surface area contributed by atoms with Gasteiger partial charge in [-0.1, -0.05) is 91.0 Å². The van der Waals surface area contributed by atoms with E-state index in [-0.39, 0.29) is 18.8 Å². The van der Waals surface area contributed by atoms with Gasteiger partial charge in [-0.3, -0.25) is 9.69 Å². The predicted octanol–water partition coefficient (Wildman–Crippen LogP) is 7.47. The van der Waals surface area contributed by atoms with Crippen molar-refractivity contribution >= 4 is 24.3 Å². The minimum absolute atomic E-state index is 0. The van der Waals surface area contributed by atoms with Crippen molar-refractivity contribution in [3.05, 3.63) is 137 Å². The average molecular weight is 602 g/mol. The van der Waals surface area contributed by atoms with E-state index in [0.29, 0.717) is 38.2 Å². The number of rotatable bonds is 17. The van der Waals surface area contributed by atoms with E-state index in [1.165, 1.54) is 11.1 Å². The molecule has 7 heteroatoms. The fourth-order valence-corrected chi connectivity index (χ4v) is 5.02. The number of nitrogens with zero attached hydrogens (tertiary/aromatic N) is 1. The van der Waals surface area contributed by atoms with Gasteiger partial charge in [0.25, 0.3) is 0 Å². The fourth-order valence-electron chi connectivity index (χ4n) is 5.02. The molecule has 0 heterocycles. The minimum atomic E-state index is -0.945. The van der Waals surface area contributed by atoms with Crippen LogP contribution in [0.15, 0.2) is 103 Å². The van der Waals surface area contributed by atoms with Gasteiger partial charge in [-0.25, -0.2) is 4.79 Å². The number of aryl methyl sites for hydroxylation is 2. The number of carboxylic acids is 2. The molecule has 4 rings (SSSR count). The molecule has 0 bridgehead atoms. The van der Waals surface area contributed by atoms with E-state index in [1.54, 1.807) is 12.1 Å². The number of hydrogen-bond acceptors (Lipinski definition) is 4. The van der Waals surface area contributed by atoms with Crippen LogP contribution in [0.3, 0.4) is 0 Å². The molecular weight excluding hydrogens is 562 g/mol. The predicted molar refractivity (Wildman–Crippen MR) is 172 cm³/mol. The van der Waals surface area contributed by atoms with E-state index in [4.69, 9.17) is 9.84 Å². The summed E-state index contributed by atoms with van der Waals surface area (Å²) < 4.78 is 6.26. The van der Waals surface area contributed by atoms with Crippen molar-refractivity contribution in [3.8, 4) is 5.75 Å². The summed E-state index contributed by atoms with van der Waals surface area (Å²) in [6, 6.07) is 34.2. The molecule has 226 valence electrons. The van der Waals surface area contributed by atoms with Crippen molar-refractivity contribution in [2.24, 2.45) is 0 Å². The first kappa shape index (κ1) is 33.4. The monoisotopic (exact) mass is 601 g/mol. The Hall–Kier alpha value is -4.13. The summed E-state index contributed by atoms with van der Waals surface area (Å²) in [6.07, 6.45) is 4.17. The van der Waals surface area contributed by atoms with Crippen LogP contribution >= 0.6 is 12.4 Å². The second-order valence-corrected chi connectivity index (χ2v) is 10.5. The van der Waals surface area contributed by atoms with Gasteiger partial charge < -0.3 is 14.9 Å². The quantitative estimate of drug-likeness (QED) is 0.122. The van der Waals surface area contributed by atoms with Gasteiger partial charge >= 0.3 is 11.9 Å². The smallest absolute Gasteiger partial charge is 0.336 e. The van der Waals surface area contributed by atoms with E-state index in [2.05, 4.69) is 59.5 Å². The van der Waals surface area contributed by atoms with E-state index in [9.17, 15) is 14.7 Å². The van der Waals surface area contributed by atoms with Gasteiger partial charge in [0, 0.05) is 19.5 Å². The maximum atomic E-state index is 11.8. The van der Waals surface area contributed by atoms with E-state index >= 15 is 0 Å². The zero-order chi connectivity index (χ0) is 29.6. The van der Waals surface area contributed by atoms with Crippen molar-refractivity contribution in [1.82, 2.24) is 4.90 Å². The number of ether oxygens (including phenoxy) is 1. The van der Waals surface area contributed by atoms with Crippen LogP contribution in [0, 0.1) is 0 Å². The molecule has 0 spiro atoms. The molecule has 43 heavy (non-hydrogen) atoms. The van der Waals surface area contributed by atoms with Gasteiger partial charge in [0.1, 0.15) is 12.4 Å². The third-order valence-corrected chi connectivity index (χ3v) is 7.39. The summed E-state index contributed by atoms with van der Waals surface area (Å²) in [5.41, 5.74) is 5.88. The van der Waals surface area contributed by atoms with Crippen LogP contribution < -0.4 is 4.74 Å². The lowest BCUT2D eigenvalue weighted by molar-refractivity contribution is -0.137. The maximum Gasteiger partial charge on any atom is 0.336 e. The molecule has 0 unspecified atom stereocenters. The molecule has 2 N–H and O–H groups in total. The Kier molecular flexibility index (Phi) is 13.8. The molecule has 0 aliphatic rings. The topological polar surface area (TPSA) is 87.1 Å². The highest BCUT2D eigenvalue weighted by molar-refractivity contribution is 5.89. The molecule has 0 radical (unpaired) electrons. The highest BCUT2D eigenvalue weighted by atomic mass is 35.5. The molecule has 0 saturated carbocycles. The highest BCUT2D eigenvalue weighted by Gasteiger charge is 2.14. The van der Waals surface area contributed by atoms with Gasteiger partial charge in [-0.2, -0.15) is 0 Å². The summed E-state index contributed by atoms with van der Waals surface area (Å²) in [7, 11) is 0. The molecule has 4 aromatic carbocycles. The van der Waals surface area contributed by atoms with Crippen molar-refractivity contribution < 1.29 is 24.5 Å². The molecule has 0 amide bonds. The average Bonchev–Trinajstić information content (AvgIpc) is 3.01. The molecule has 6 nitrogen and oxygen atoms in total. The number of aliphatic carboxylic acids is 1. The summed E-state index contributed by atoms with van der Waals surface area (Å²) >= 11 is 0. The normalized spacial score (nSPS) is 10.7. The summed E-state index contributed by atoms with van der Waals surface area (Å²) in [4.78, 5) is 24.9. The van der Waals surface area contributed by atoms with Crippen LogP contribution in [-0.2, 0) is 37.2 Å². The minimum Gasteiger partial charge on any atom is -0.489 e. The van der Waals surface area contributed by atoms with Crippen molar-refractivity contribution in [1.29, 1.82) is 0 Å². The van der Waals surface area contributed by atoms with Crippen LogP contribution in [0.1, 0.15) is 57.4 Å². The first-order valence-corrected chi connectivity index (χ1v) is 14.6. The van der Waals surface area contributed by atoms with Gasteiger partial charge in [0.05, 0.1) is 5.56 Å². The van der Waals surface area contributed by atoms with E-state index in [0.717, 1.165) is 48.1 Å². The first-order chi connectivity index (χ1) is 20.5. The molecule has 0 aromatic heterocycles. The number of para-hydroxylation sites is 1. The van der Waals surface area contributed by atoms with Gasteiger partial charge in [-0.15, -0.1) is 12.4 Å². The Morgan fingerprint density at radius 1 is 0.628 bits per heavy atom. The van der Waals surface area contributed by atoms with Crippen LogP contribution in [-0.4, -0.2) is 40.1 Å². The fraction of sp³-hybridized carbons (Fsp3) is 0.278. The summed E-state index contributed by atoms with van der Waals surface area (Å²) in [5.74, 6) is -0.910.